The van der Waals surface area contributed by atoms with E-state index in [1.807, 2.05) is 24.3 Å². The zero-order valence-corrected chi connectivity index (χ0v) is 22.7. The lowest BCUT2D eigenvalue weighted by molar-refractivity contribution is -0.463. The molecule has 0 aliphatic carbocycles. The molecular formula is C30H39N6O2+. The number of rotatable bonds is 9. The lowest BCUT2D eigenvalue weighted by atomic mass is 9.87. The van der Waals surface area contributed by atoms with Crippen molar-refractivity contribution in [2.75, 3.05) is 43.9 Å². The van der Waals surface area contributed by atoms with E-state index in [1.165, 1.54) is 31.5 Å². The monoisotopic (exact) mass is 515 g/mol. The number of ether oxygens (including phenoxy) is 1. The van der Waals surface area contributed by atoms with Crippen LogP contribution in [0, 0.1) is 5.92 Å². The maximum Gasteiger partial charge on any atom is 0.351 e. The van der Waals surface area contributed by atoms with Gasteiger partial charge in [0.25, 0.3) is 0 Å². The van der Waals surface area contributed by atoms with Gasteiger partial charge in [0.2, 0.25) is 5.88 Å². The van der Waals surface area contributed by atoms with Gasteiger partial charge < -0.3 is 20.3 Å². The fraction of sp³-hybridized carbons (Fsp3) is 0.433. The summed E-state index contributed by atoms with van der Waals surface area (Å²) in [6.07, 6.45) is 7.00. The summed E-state index contributed by atoms with van der Waals surface area (Å²) in [7, 11) is 2.19. The van der Waals surface area contributed by atoms with Crippen LogP contribution in [0.25, 0.3) is 0 Å². The second-order valence-corrected chi connectivity index (χ2v) is 11.2. The third kappa shape index (κ3) is 6.31. The van der Waals surface area contributed by atoms with E-state index in [-0.39, 0.29) is 11.3 Å². The van der Waals surface area contributed by atoms with Gasteiger partial charge in [-0.25, -0.2) is 20.1 Å². The minimum absolute atomic E-state index is 0.0783. The quantitative estimate of drug-likeness (QED) is 0.372. The number of amides is 1. The Morgan fingerprint density at radius 3 is 2.84 bits per heavy atom. The Bertz CT molecular complexity index is 1270. The summed E-state index contributed by atoms with van der Waals surface area (Å²) in [6.45, 7) is 8.89. The van der Waals surface area contributed by atoms with Crippen LogP contribution in [0.5, 0.6) is 5.88 Å². The van der Waals surface area contributed by atoms with Crippen molar-refractivity contribution in [2.45, 2.75) is 45.1 Å². The molecule has 5 rings (SSSR count). The van der Waals surface area contributed by atoms with Gasteiger partial charge in [0.1, 0.15) is 17.1 Å². The number of pyridine rings is 2. The Morgan fingerprint density at radius 1 is 1.16 bits per heavy atom. The molecular weight excluding hydrogens is 476 g/mol. The van der Waals surface area contributed by atoms with Crippen LogP contribution in [0.3, 0.4) is 0 Å². The number of hydrogen-bond acceptors (Lipinski definition) is 7. The number of anilines is 2. The number of nitrogens with zero attached hydrogens (tertiary/aromatic N) is 3. The number of aromatic nitrogens is 2. The first-order valence-corrected chi connectivity index (χ1v) is 13.6. The third-order valence-electron chi connectivity index (χ3n) is 7.74. The van der Waals surface area contributed by atoms with Crippen molar-refractivity contribution in [3.8, 4) is 5.88 Å². The summed E-state index contributed by atoms with van der Waals surface area (Å²) in [5.74, 6) is 1.85. The van der Waals surface area contributed by atoms with Gasteiger partial charge in [0, 0.05) is 48.7 Å². The molecule has 2 aliphatic rings. The predicted molar refractivity (Wildman–Crippen MR) is 150 cm³/mol. The molecule has 1 saturated heterocycles. The standard InChI is InChI=1S/C30H38N6O2/c1-30(2)20-34-26-18-23(6-7-25(26)30)35-29(37)24-5-4-12-32-28(24)33-19-22-8-13-31-27(17-22)38-16-11-21-9-14-36(3)15-10-21/h4-8,12-13,17-18,21,34H,9-11,14-16,19-20H2,1-3H3,(H,32,33)(H,35,37)/p+1. The molecule has 0 radical (unpaired) electrons. The first-order valence-electron chi connectivity index (χ1n) is 13.6. The highest BCUT2D eigenvalue weighted by molar-refractivity contribution is 5.93. The van der Waals surface area contributed by atoms with Gasteiger partial charge in [-0.2, -0.15) is 0 Å². The van der Waals surface area contributed by atoms with Gasteiger partial charge >= 0.3 is 5.91 Å². The maximum absolute atomic E-state index is 13.2. The van der Waals surface area contributed by atoms with Gasteiger partial charge in [-0.05, 0) is 80.7 Å². The highest BCUT2D eigenvalue weighted by Crippen LogP contribution is 2.36. The van der Waals surface area contributed by atoms with Crippen LogP contribution < -0.4 is 20.7 Å². The van der Waals surface area contributed by atoms with Crippen LogP contribution in [-0.4, -0.2) is 54.1 Å². The molecule has 3 aromatic rings. The smallest absolute Gasteiger partial charge is 0.351 e. The van der Waals surface area contributed by atoms with Gasteiger partial charge in [0.15, 0.2) is 0 Å². The number of quaternary nitrogens is 1. The first-order chi connectivity index (χ1) is 18.4. The molecule has 2 aromatic heterocycles. The number of hydrogen-bond donors (Lipinski definition) is 3. The number of primary amides is 1. The second kappa shape index (κ2) is 11.5. The number of benzene rings is 1. The summed E-state index contributed by atoms with van der Waals surface area (Å²) in [5, 5.41) is 8.47. The Morgan fingerprint density at radius 2 is 2.00 bits per heavy atom. The number of nitrogens with one attached hydrogen (secondary N) is 2. The average Bonchev–Trinajstić information content (AvgIpc) is 3.22. The lowest BCUT2D eigenvalue weighted by Crippen LogP contribution is -2.82. The largest absolute Gasteiger partial charge is 0.478 e. The van der Waals surface area contributed by atoms with Crippen molar-refractivity contribution >= 4 is 23.1 Å². The van der Waals surface area contributed by atoms with Crippen LogP contribution in [0.4, 0.5) is 17.2 Å². The molecule has 0 saturated carbocycles. The fourth-order valence-electron chi connectivity index (χ4n) is 5.28. The summed E-state index contributed by atoms with van der Waals surface area (Å²) in [4.78, 5) is 24.4. The van der Waals surface area contributed by atoms with Gasteiger partial charge in [-0.15, -0.1) is 0 Å². The normalized spacial score (nSPS) is 17.0. The van der Waals surface area contributed by atoms with Crippen molar-refractivity contribution in [3.05, 3.63) is 71.5 Å². The van der Waals surface area contributed by atoms with E-state index in [4.69, 9.17) is 4.74 Å². The van der Waals surface area contributed by atoms with Crippen molar-refractivity contribution in [3.63, 3.8) is 0 Å². The minimum atomic E-state index is -0.0783. The second-order valence-electron chi connectivity index (χ2n) is 11.2. The highest BCUT2D eigenvalue weighted by Gasteiger charge is 2.30. The molecule has 4 heterocycles. The van der Waals surface area contributed by atoms with Crippen molar-refractivity contribution in [2.24, 2.45) is 5.92 Å². The predicted octanol–water partition coefficient (Wildman–Crippen LogP) is 3.94. The Labute approximate surface area is 225 Å². The van der Waals surface area contributed by atoms with Crippen LogP contribution in [0.2, 0.25) is 0 Å². The van der Waals surface area contributed by atoms with Crippen LogP contribution in [0.15, 0.2) is 54.9 Å². The zero-order valence-electron chi connectivity index (χ0n) is 22.7. The molecule has 38 heavy (non-hydrogen) atoms. The van der Waals surface area contributed by atoms with E-state index in [1.54, 1.807) is 23.8 Å². The molecule has 8 heteroatoms. The number of nitrogens with two attached hydrogens (primary N) is 1. The van der Waals surface area contributed by atoms with Crippen molar-refractivity contribution < 1.29 is 14.8 Å². The van der Waals surface area contributed by atoms with E-state index in [2.05, 4.69) is 58.5 Å². The zero-order chi connectivity index (χ0) is 26.5. The molecule has 1 aromatic carbocycles. The molecule has 0 unspecified atom stereocenters. The SMILES string of the molecule is CN1CCC(CCOc2cc(CNc3ncccc3C(=O)[NH2+]c3ccc4c(c3)NCC4(C)C)ccn2)CC1. The number of carbonyl (C=O) groups excluding carboxylic acids is 1. The van der Waals surface area contributed by atoms with Gasteiger partial charge in [-0.1, -0.05) is 19.9 Å². The average molecular weight is 516 g/mol. The molecule has 2 aliphatic heterocycles. The Balaban J connectivity index is 1.17. The molecule has 0 atom stereocenters. The molecule has 0 spiro atoms. The van der Waals surface area contributed by atoms with E-state index >= 15 is 0 Å². The first kappa shape index (κ1) is 26.1. The van der Waals surface area contributed by atoms with Crippen LogP contribution in [0.1, 0.15) is 54.6 Å². The van der Waals surface area contributed by atoms with Gasteiger partial charge in [-0.3, -0.25) is 0 Å². The molecule has 1 fully saturated rings. The van der Waals surface area contributed by atoms with Crippen molar-refractivity contribution in [1.29, 1.82) is 0 Å². The molecule has 0 bridgehead atoms. The van der Waals surface area contributed by atoms with E-state index in [9.17, 15) is 4.79 Å². The number of likely N-dealkylation sites (tertiary alicyclic amines) is 1. The van der Waals surface area contributed by atoms with Crippen LogP contribution in [-0.2, 0) is 12.0 Å². The topological polar surface area (TPSA) is 96.0 Å². The number of carbonyl (C=O) groups is 1. The fourth-order valence-corrected chi connectivity index (χ4v) is 5.28. The van der Waals surface area contributed by atoms with Gasteiger partial charge in [0.05, 0.1) is 6.61 Å². The number of fused-ring (bicyclic) bond motifs is 1. The molecule has 8 nitrogen and oxygen atoms in total. The Kier molecular flexibility index (Phi) is 7.90. The maximum atomic E-state index is 13.2. The summed E-state index contributed by atoms with van der Waals surface area (Å²) in [6, 6.07) is 13.7. The summed E-state index contributed by atoms with van der Waals surface area (Å²) < 4.78 is 5.97. The van der Waals surface area contributed by atoms with E-state index < -0.39 is 0 Å². The summed E-state index contributed by atoms with van der Waals surface area (Å²) >= 11 is 0. The third-order valence-corrected chi connectivity index (χ3v) is 7.74. The summed E-state index contributed by atoms with van der Waals surface area (Å²) in [5.41, 5.74) is 4.93. The molecule has 1 amide bonds. The lowest BCUT2D eigenvalue weighted by Gasteiger charge is -2.28. The number of piperidine rings is 1. The van der Waals surface area contributed by atoms with Crippen molar-refractivity contribution in [1.82, 2.24) is 14.9 Å². The van der Waals surface area contributed by atoms with E-state index in [0.29, 0.717) is 30.4 Å². The molecule has 4 N–H and O–H groups in total. The minimum Gasteiger partial charge on any atom is -0.478 e. The molecule has 200 valence electrons. The Hall–Kier alpha value is -3.49. The van der Waals surface area contributed by atoms with E-state index in [0.717, 1.165) is 35.8 Å². The highest BCUT2D eigenvalue weighted by atomic mass is 16.5. The van der Waals surface area contributed by atoms with Crippen LogP contribution >= 0.6 is 0 Å².